The number of aromatic nitrogens is 1. The Morgan fingerprint density at radius 3 is 3.06 bits per heavy atom. The fourth-order valence-corrected chi connectivity index (χ4v) is 2.11. The van der Waals surface area contributed by atoms with Gasteiger partial charge in [-0.25, -0.2) is 9.78 Å². The number of esters is 1. The lowest BCUT2D eigenvalue weighted by Crippen LogP contribution is -2.37. The van der Waals surface area contributed by atoms with Crippen LogP contribution in [0.4, 0.5) is 5.82 Å². The molecule has 1 unspecified atom stereocenters. The molecule has 0 radical (unpaired) electrons. The van der Waals surface area contributed by atoms with E-state index in [0.717, 1.165) is 30.9 Å². The monoisotopic (exact) mass is 220 g/mol. The molecule has 2 heterocycles. The van der Waals surface area contributed by atoms with E-state index in [-0.39, 0.29) is 12.0 Å². The molecule has 1 aromatic rings. The number of ether oxygens (including phenoxy) is 1. The van der Waals surface area contributed by atoms with Crippen LogP contribution in [-0.2, 0) is 9.53 Å². The van der Waals surface area contributed by atoms with E-state index >= 15 is 0 Å². The molecule has 0 bridgehead atoms. The van der Waals surface area contributed by atoms with Gasteiger partial charge in [0.15, 0.2) is 0 Å². The summed E-state index contributed by atoms with van der Waals surface area (Å²) in [6, 6.07) is 5.69. The SMILES string of the molecule is COC(=O)C1CCCN1c1cccc(C)n1. The van der Waals surface area contributed by atoms with E-state index in [1.807, 2.05) is 30.0 Å². The molecule has 0 amide bonds. The lowest BCUT2D eigenvalue weighted by Gasteiger charge is -2.23. The molecule has 2 rings (SSSR count). The lowest BCUT2D eigenvalue weighted by molar-refractivity contribution is -0.141. The molecule has 4 heteroatoms. The highest BCUT2D eigenvalue weighted by molar-refractivity contribution is 5.80. The quantitative estimate of drug-likeness (QED) is 0.709. The smallest absolute Gasteiger partial charge is 0.328 e. The standard InChI is InChI=1S/C12H16N2O2/c1-9-5-3-7-11(13-9)14-8-4-6-10(14)12(15)16-2/h3,5,7,10H,4,6,8H2,1-2H3. The van der Waals surface area contributed by atoms with Gasteiger partial charge in [0, 0.05) is 12.2 Å². The Morgan fingerprint density at radius 2 is 2.38 bits per heavy atom. The third-order valence-electron chi connectivity index (χ3n) is 2.89. The summed E-state index contributed by atoms with van der Waals surface area (Å²) < 4.78 is 4.81. The third kappa shape index (κ3) is 2.01. The van der Waals surface area contributed by atoms with Gasteiger partial charge in [-0.05, 0) is 31.9 Å². The highest BCUT2D eigenvalue weighted by Crippen LogP contribution is 2.24. The Kier molecular flexibility index (Phi) is 3.08. The fourth-order valence-electron chi connectivity index (χ4n) is 2.11. The van der Waals surface area contributed by atoms with Crippen molar-refractivity contribution in [3.63, 3.8) is 0 Å². The van der Waals surface area contributed by atoms with E-state index in [2.05, 4.69) is 4.98 Å². The van der Waals surface area contributed by atoms with E-state index < -0.39 is 0 Å². The van der Waals surface area contributed by atoms with Crippen LogP contribution in [0.2, 0.25) is 0 Å². The highest BCUT2D eigenvalue weighted by Gasteiger charge is 2.32. The average Bonchev–Trinajstić information content (AvgIpc) is 2.77. The zero-order chi connectivity index (χ0) is 11.5. The molecule has 86 valence electrons. The number of methoxy groups -OCH3 is 1. The van der Waals surface area contributed by atoms with Crippen molar-refractivity contribution in [2.24, 2.45) is 0 Å². The zero-order valence-electron chi connectivity index (χ0n) is 9.64. The molecule has 16 heavy (non-hydrogen) atoms. The van der Waals surface area contributed by atoms with E-state index in [1.165, 1.54) is 7.11 Å². The summed E-state index contributed by atoms with van der Waals surface area (Å²) in [6.45, 7) is 2.82. The molecule has 1 atom stereocenters. The van der Waals surface area contributed by atoms with Gasteiger partial charge >= 0.3 is 5.97 Å². The zero-order valence-corrected chi connectivity index (χ0v) is 9.64. The molecule has 0 aliphatic carbocycles. The molecule has 0 spiro atoms. The summed E-state index contributed by atoms with van der Waals surface area (Å²) in [6.07, 6.45) is 1.86. The molecule has 1 aliphatic rings. The van der Waals surface area contributed by atoms with Gasteiger partial charge in [-0.1, -0.05) is 6.07 Å². The van der Waals surface area contributed by atoms with Crippen LogP contribution < -0.4 is 4.90 Å². The number of hydrogen-bond donors (Lipinski definition) is 0. The Morgan fingerprint density at radius 1 is 1.56 bits per heavy atom. The maximum absolute atomic E-state index is 11.6. The van der Waals surface area contributed by atoms with E-state index in [4.69, 9.17) is 4.74 Å². The number of aryl methyl sites for hydroxylation is 1. The largest absolute Gasteiger partial charge is 0.467 e. The number of nitrogens with zero attached hydrogens (tertiary/aromatic N) is 2. The van der Waals surface area contributed by atoms with Crippen molar-refractivity contribution in [2.45, 2.75) is 25.8 Å². The van der Waals surface area contributed by atoms with Crippen molar-refractivity contribution < 1.29 is 9.53 Å². The molecular weight excluding hydrogens is 204 g/mol. The molecular formula is C12H16N2O2. The number of anilines is 1. The van der Waals surface area contributed by atoms with Crippen molar-refractivity contribution >= 4 is 11.8 Å². The molecule has 4 nitrogen and oxygen atoms in total. The number of carbonyl (C=O) groups excluding carboxylic acids is 1. The summed E-state index contributed by atoms with van der Waals surface area (Å²) in [5, 5.41) is 0. The summed E-state index contributed by atoms with van der Waals surface area (Å²) in [4.78, 5) is 18.1. The summed E-state index contributed by atoms with van der Waals surface area (Å²) in [5.41, 5.74) is 0.966. The third-order valence-corrected chi connectivity index (χ3v) is 2.89. The molecule has 0 aromatic carbocycles. The maximum atomic E-state index is 11.6. The number of rotatable bonds is 2. The predicted octanol–water partition coefficient (Wildman–Crippen LogP) is 1.53. The van der Waals surface area contributed by atoms with Gasteiger partial charge in [0.1, 0.15) is 11.9 Å². The topological polar surface area (TPSA) is 42.4 Å². The minimum atomic E-state index is -0.167. The summed E-state index contributed by atoms with van der Waals surface area (Å²) >= 11 is 0. The predicted molar refractivity (Wildman–Crippen MR) is 61.4 cm³/mol. The highest BCUT2D eigenvalue weighted by atomic mass is 16.5. The normalized spacial score (nSPS) is 19.9. The van der Waals surface area contributed by atoms with Gasteiger partial charge in [-0.2, -0.15) is 0 Å². The molecule has 1 saturated heterocycles. The van der Waals surface area contributed by atoms with Gasteiger partial charge in [-0.15, -0.1) is 0 Å². The molecule has 1 fully saturated rings. The number of hydrogen-bond acceptors (Lipinski definition) is 4. The van der Waals surface area contributed by atoms with Gasteiger partial charge in [0.05, 0.1) is 7.11 Å². The second-order valence-corrected chi connectivity index (χ2v) is 4.01. The van der Waals surface area contributed by atoms with Crippen molar-refractivity contribution in [1.82, 2.24) is 4.98 Å². The van der Waals surface area contributed by atoms with Gasteiger partial charge in [0.25, 0.3) is 0 Å². The maximum Gasteiger partial charge on any atom is 0.328 e. The number of carbonyl (C=O) groups is 1. The van der Waals surface area contributed by atoms with Crippen LogP contribution >= 0.6 is 0 Å². The van der Waals surface area contributed by atoms with Gasteiger partial charge < -0.3 is 9.64 Å². The summed E-state index contributed by atoms with van der Waals surface area (Å²) in [5.74, 6) is 0.703. The first-order chi connectivity index (χ1) is 7.72. The second kappa shape index (κ2) is 4.51. The van der Waals surface area contributed by atoms with Gasteiger partial charge in [0.2, 0.25) is 0 Å². The van der Waals surface area contributed by atoms with Crippen LogP contribution in [0, 0.1) is 6.92 Å². The minimum absolute atomic E-state index is 0.166. The molecule has 1 aromatic heterocycles. The van der Waals surface area contributed by atoms with Gasteiger partial charge in [-0.3, -0.25) is 0 Å². The molecule has 1 aliphatic heterocycles. The average molecular weight is 220 g/mol. The van der Waals surface area contributed by atoms with Crippen LogP contribution in [0.3, 0.4) is 0 Å². The number of pyridine rings is 1. The first kappa shape index (κ1) is 10.9. The first-order valence-electron chi connectivity index (χ1n) is 5.50. The van der Waals surface area contributed by atoms with E-state index in [1.54, 1.807) is 0 Å². The van der Waals surface area contributed by atoms with E-state index in [0.29, 0.717) is 0 Å². The Balaban J connectivity index is 2.23. The first-order valence-corrected chi connectivity index (χ1v) is 5.50. The van der Waals surface area contributed by atoms with Crippen LogP contribution in [0.25, 0.3) is 0 Å². The van der Waals surface area contributed by atoms with Crippen molar-refractivity contribution in [3.05, 3.63) is 23.9 Å². The van der Waals surface area contributed by atoms with Crippen molar-refractivity contribution in [1.29, 1.82) is 0 Å². The van der Waals surface area contributed by atoms with Crippen LogP contribution in [0.15, 0.2) is 18.2 Å². The Hall–Kier alpha value is -1.58. The lowest BCUT2D eigenvalue weighted by atomic mass is 10.2. The van der Waals surface area contributed by atoms with Crippen LogP contribution in [0.5, 0.6) is 0 Å². The minimum Gasteiger partial charge on any atom is -0.467 e. The van der Waals surface area contributed by atoms with E-state index in [9.17, 15) is 4.79 Å². The molecule has 0 N–H and O–H groups in total. The van der Waals surface area contributed by atoms with Crippen molar-refractivity contribution in [2.75, 3.05) is 18.6 Å². The van der Waals surface area contributed by atoms with Crippen LogP contribution in [0.1, 0.15) is 18.5 Å². The fraction of sp³-hybridized carbons (Fsp3) is 0.500. The molecule has 0 saturated carbocycles. The van der Waals surface area contributed by atoms with Crippen LogP contribution in [-0.4, -0.2) is 30.6 Å². The van der Waals surface area contributed by atoms with Crippen molar-refractivity contribution in [3.8, 4) is 0 Å². The Bertz CT molecular complexity index is 392. The summed E-state index contributed by atoms with van der Waals surface area (Å²) in [7, 11) is 1.43. The Labute approximate surface area is 95.2 Å². The second-order valence-electron chi connectivity index (χ2n) is 4.01.